The Labute approximate surface area is 109 Å². The molecule has 2 unspecified atom stereocenters. The zero-order valence-electron chi connectivity index (χ0n) is 9.74. The second kappa shape index (κ2) is 5.60. The van der Waals surface area contributed by atoms with Gasteiger partial charge in [0.1, 0.15) is 5.69 Å². The van der Waals surface area contributed by atoms with Gasteiger partial charge in [-0.3, -0.25) is 4.79 Å². The quantitative estimate of drug-likeness (QED) is 0.874. The Balaban J connectivity index is 1.98. The van der Waals surface area contributed by atoms with E-state index in [9.17, 15) is 4.79 Å². The Morgan fingerprint density at radius 3 is 3.06 bits per heavy atom. The van der Waals surface area contributed by atoms with Gasteiger partial charge in [0, 0.05) is 22.8 Å². The summed E-state index contributed by atoms with van der Waals surface area (Å²) in [6.45, 7) is 3.13. The van der Waals surface area contributed by atoms with Crippen LogP contribution < -0.4 is 10.6 Å². The minimum absolute atomic E-state index is 0.0990. The van der Waals surface area contributed by atoms with Crippen LogP contribution in [-0.4, -0.2) is 29.5 Å². The smallest absolute Gasteiger partial charge is 0.270 e. The van der Waals surface area contributed by atoms with Crippen molar-refractivity contribution in [3.63, 3.8) is 0 Å². The van der Waals surface area contributed by atoms with E-state index in [1.54, 1.807) is 12.3 Å². The molecule has 0 radical (unpaired) electrons. The van der Waals surface area contributed by atoms with Crippen molar-refractivity contribution in [2.75, 3.05) is 6.54 Å². The predicted molar refractivity (Wildman–Crippen MR) is 69.9 cm³/mol. The Kier molecular flexibility index (Phi) is 4.12. The number of rotatable bonds is 2. The van der Waals surface area contributed by atoms with Crippen molar-refractivity contribution >= 4 is 21.8 Å². The molecule has 4 nitrogen and oxygen atoms in total. The highest BCUT2D eigenvalue weighted by molar-refractivity contribution is 9.10. The van der Waals surface area contributed by atoms with Crippen molar-refractivity contribution in [2.24, 2.45) is 0 Å². The zero-order chi connectivity index (χ0) is 12.3. The first-order valence-corrected chi connectivity index (χ1v) is 6.62. The molecule has 1 saturated heterocycles. The minimum atomic E-state index is -0.0990. The number of nitrogens with one attached hydrogen (secondary N) is 2. The fourth-order valence-electron chi connectivity index (χ4n) is 1.99. The van der Waals surface area contributed by atoms with Crippen LogP contribution in [0.2, 0.25) is 0 Å². The van der Waals surface area contributed by atoms with Gasteiger partial charge in [0.2, 0.25) is 0 Å². The molecule has 17 heavy (non-hydrogen) atoms. The standard InChI is InChI=1S/C12H16BrN3O/c1-8-10(3-2-6-14-8)16-12(17)11-5-4-9(13)7-15-11/h4-5,7-8,10,14H,2-3,6H2,1H3,(H,16,17). The highest BCUT2D eigenvalue weighted by Gasteiger charge is 2.23. The van der Waals surface area contributed by atoms with Gasteiger partial charge in [0.05, 0.1) is 0 Å². The van der Waals surface area contributed by atoms with Crippen molar-refractivity contribution in [1.82, 2.24) is 15.6 Å². The lowest BCUT2D eigenvalue weighted by atomic mass is 10.00. The average Bonchev–Trinajstić information content (AvgIpc) is 2.33. The molecule has 1 aliphatic rings. The zero-order valence-corrected chi connectivity index (χ0v) is 11.3. The molecule has 2 heterocycles. The summed E-state index contributed by atoms with van der Waals surface area (Å²) < 4.78 is 0.877. The highest BCUT2D eigenvalue weighted by Crippen LogP contribution is 2.10. The molecule has 1 aromatic heterocycles. The lowest BCUT2D eigenvalue weighted by molar-refractivity contribution is 0.0915. The Bertz CT molecular complexity index is 393. The van der Waals surface area contributed by atoms with Gasteiger partial charge in [0.15, 0.2) is 0 Å². The van der Waals surface area contributed by atoms with Crippen LogP contribution in [0.1, 0.15) is 30.3 Å². The van der Waals surface area contributed by atoms with Crippen LogP contribution in [0, 0.1) is 0 Å². The van der Waals surface area contributed by atoms with E-state index in [0.717, 1.165) is 23.9 Å². The molecule has 92 valence electrons. The summed E-state index contributed by atoms with van der Waals surface area (Å²) in [6, 6.07) is 4.06. The van der Waals surface area contributed by atoms with Gasteiger partial charge in [-0.15, -0.1) is 0 Å². The first-order chi connectivity index (χ1) is 8.16. The Hall–Kier alpha value is -0.940. The van der Waals surface area contributed by atoms with Crippen LogP contribution in [0.25, 0.3) is 0 Å². The number of carbonyl (C=O) groups excluding carboxylic acids is 1. The van der Waals surface area contributed by atoms with E-state index in [0.29, 0.717) is 11.7 Å². The van der Waals surface area contributed by atoms with Crippen molar-refractivity contribution in [3.8, 4) is 0 Å². The molecule has 1 amide bonds. The summed E-state index contributed by atoms with van der Waals surface area (Å²) in [4.78, 5) is 16.0. The van der Waals surface area contributed by atoms with Crippen molar-refractivity contribution in [2.45, 2.75) is 31.8 Å². The molecule has 0 saturated carbocycles. The van der Waals surface area contributed by atoms with E-state index in [1.807, 2.05) is 6.07 Å². The fraction of sp³-hybridized carbons (Fsp3) is 0.500. The fourth-order valence-corrected chi connectivity index (χ4v) is 2.23. The monoisotopic (exact) mass is 297 g/mol. The molecule has 5 heteroatoms. The van der Waals surface area contributed by atoms with Gasteiger partial charge in [-0.25, -0.2) is 4.98 Å². The molecule has 0 spiro atoms. The van der Waals surface area contributed by atoms with Crippen LogP contribution in [0.4, 0.5) is 0 Å². The molecule has 1 aliphatic heterocycles. The number of hydrogen-bond donors (Lipinski definition) is 2. The maximum Gasteiger partial charge on any atom is 0.270 e. The third-order valence-corrected chi connectivity index (χ3v) is 3.51. The van der Waals surface area contributed by atoms with Crippen LogP contribution in [0.3, 0.4) is 0 Å². The van der Waals surface area contributed by atoms with Crippen molar-refractivity contribution in [3.05, 3.63) is 28.5 Å². The molecule has 2 N–H and O–H groups in total. The van der Waals surface area contributed by atoms with Gasteiger partial charge in [0.25, 0.3) is 5.91 Å². The predicted octanol–water partition coefficient (Wildman–Crippen LogP) is 1.71. The number of nitrogens with zero attached hydrogens (tertiary/aromatic N) is 1. The van der Waals surface area contributed by atoms with E-state index in [1.165, 1.54) is 0 Å². The molecule has 2 rings (SSSR count). The largest absolute Gasteiger partial charge is 0.346 e. The number of pyridine rings is 1. The molecular weight excluding hydrogens is 282 g/mol. The third kappa shape index (κ3) is 3.26. The number of aromatic nitrogens is 1. The molecule has 1 aromatic rings. The number of halogens is 1. The van der Waals surface area contributed by atoms with Crippen molar-refractivity contribution in [1.29, 1.82) is 0 Å². The van der Waals surface area contributed by atoms with E-state index in [-0.39, 0.29) is 11.9 Å². The molecule has 2 atom stereocenters. The van der Waals surface area contributed by atoms with E-state index in [4.69, 9.17) is 0 Å². The van der Waals surface area contributed by atoms with E-state index in [2.05, 4.69) is 38.5 Å². The SMILES string of the molecule is CC1NCCCC1NC(=O)c1ccc(Br)cn1. The summed E-state index contributed by atoms with van der Waals surface area (Å²) in [6.07, 6.45) is 3.76. The molecular formula is C12H16BrN3O. The van der Waals surface area contributed by atoms with Crippen LogP contribution >= 0.6 is 15.9 Å². The topological polar surface area (TPSA) is 54.0 Å². The lowest BCUT2D eigenvalue weighted by Crippen LogP contribution is -2.52. The van der Waals surface area contributed by atoms with Gasteiger partial charge < -0.3 is 10.6 Å². The van der Waals surface area contributed by atoms with Crippen molar-refractivity contribution < 1.29 is 4.79 Å². The summed E-state index contributed by atoms with van der Waals surface area (Å²) in [5.41, 5.74) is 0.464. The summed E-state index contributed by atoms with van der Waals surface area (Å²) in [5.74, 6) is -0.0990. The second-order valence-electron chi connectivity index (χ2n) is 4.33. The second-order valence-corrected chi connectivity index (χ2v) is 5.24. The van der Waals surface area contributed by atoms with Gasteiger partial charge in [-0.1, -0.05) is 0 Å². The van der Waals surface area contributed by atoms with Crippen LogP contribution in [0.15, 0.2) is 22.8 Å². The first-order valence-electron chi connectivity index (χ1n) is 5.82. The minimum Gasteiger partial charge on any atom is -0.346 e. The summed E-state index contributed by atoms with van der Waals surface area (Å²) in [5, 5.41) is 6.38. The highest BCUT2D eigenvalue weighted by atomic mass is 79.9. The number of piperidine rings is 1. The van der Waals surface area contributed by atoms with E-state index < -0.39 is 0 Å². The number of amides is 1. The number of carbonyl (C=O) groups is 1. The van der Waals surface area contributed by atoms with Crippen LogP contribution in [-0.2, 0) is 0 Å². The molecule has 0 aromatic carbocycles. The maximum absolute atomic E-state index is 12.0. The summed E-state index contributed by atoms with van der Waals surface area (Å²) in [7, 11) is 0. The van der Waals surface area contributed by atoms with Gasteiger partial charge >= 0.3 is 0 Å². The Morgan fingerprint density at radius 1 is 1.59 bits per heavy atom. The molecule has 0 bridgehead atoms. The van der Waals surface area contributed by atoms with E-state index >= 15 is 0 Å². The van der Waals surface area contributed by atoms with Gasteiger partial charge in [-0.2, -0.15) is 0 Å². The average molecular weight is 298 g/mol. The van der Waals surface area contributed by atoms with Gasteiger partial charge in [-0.05, 0) is 54.4 Å². The number of hydrogen-bond acceptors (Lipinski definition) is 3. The maximum atomic E-state index is 12.0. The lowest BCUT2D eigenvalue weighted by Gasteiger charge is -2.30. The summed E-state index contributed by atoms with van der Waals surface area (Å²) >= 11 is 3.30. The normalized spacial score (nSPS) is 24.4. The third-order valence-electron chi connectivity index (χ3n) is 3.04. The van der Waals surface area contributed by atoms with Crippen LogP contribution in [0.5, 0.6) is 0 Å². The molecule has 0 aliphatic carbocycles. The molecule has 1 fully saturated rings. The first kappa shape index (κ1) is 12.5. The Morgan fingerprint density at radius 2 is 2.41 bits per heavy atom.